The lowest BCUT2D eigenvalue weighted by Gasteiger charge is -2.42. The van der Waals surface area contributed by atoms with Gasteiger partial charge in [-0.05, 0) is 67.2 Å². The molecule has 6 N–H and O–H groups in total. The van der Waals surface area contributed by atoms with Crippen LogP contribution in [0.2, 0.25) is 0 Å². The molecule has 9 nitrogen and oxygen atoms in total. The number of hydrogen-bond donors (Lipinski definition) is 4. The number of benzene rings is 2. The summed E-state index contributed by atoms with van der Waals surface area (Å²) in [7, 11) is 1.58. The van der Waals surface area contributed by atoms with Crippen LogP contribution in [0.15, 0.2) is 71.8 Å². The normalized spacial score (nSPS) is 17.8. The number of methoxy groups -OCH3 is 1. The average molecular weight is 595 g/mol. The van der Waals surface area contributed by atoms with Crippen molar-refractivity contribution < 1.29 is 28.6 Å². The van der Waals surface area contributed by atoms with Crippen LogP contribution in [0.25, 0.3) is 0 Å². The number of nitrogens with one attached hydrogen (secondary N) is 1. The Kier molecular flexibility index (Phi) is 12.0. The van der Waals surface area contributed by atoms with E-state index in [-0.39, 0.29) is 36.4 Å². The monoisotopic (exact) mass is 594 g/mol. The summed E-state index contributed by atoms with van der Waals surface area (Å²) in [5, 5.41) is 14.9. The van der Waals surface area contributed by atoms with Gasteiger partial charge < -0.3 is 31.5 Å². The number of nitrogens with two attached hydrogens (primary N) is 2. The number of carbonyl (C=O) groups is 3. The van der Waals surface area contributed by atoms with Crippen LogP contribution >= 0.6 is 0 Å². The molecule has 0 saturated carbocycles. The highest BCUT2D eigenvalue weighted by atomic mass is 19.1. The maximum absolute atomic E-state index is 14.2. The molecule has 1 aliphatic rings. The number of primary amides is 2. The number of rotatable bonds is 16. The van der Waals surface area contributed by atoms with Gasteiger partial charge in [0.1, 0.15) is 11.6 Å². The predicted molar refractivity (Wildman–Crippen MR) is 163 cm³/mol. The molecule has 0 radical (unpaired) electrons. The summed E-state index contributed by atoms with van der Waals surface area (Å²) in [6.45, 7) is 5.32. The quantitative estimate of drug-likeness (QED) is 0.235. The molecule has 2 aromatic rings. The molecule has 2 aromatic carbocycles. The number of carbonyl (C=O) groups excluding carboxylic acids is 3. The predicted octanol–water partition coefficient (Wildman–Crippen LogP) is 3.01. The largest absolute Gasteiger partial charge is 0.497 e. The summed E-state index contributed by atoms with van der Waals surface area (Å²) < 4.78 is 19.5. The van der Waals surface area contributed by atoms with Gasteiger partial charge in [0.25, 0.3) is 0 Å². The van der Waals surface area contributed by atoms with E-state index in [0.29, 0.717) is 30.9 Å². The second kappa shape index (κ2) is 15.5. The number of halogens is 1. The van der Waals surface area contributed by atoms with Crippen LogP contribution in [0.4, 0.5) is 4.39 Å². The van der Waals surface area contributed by atoms with Gasteiger partial charge >= 0.3 is 0 Å². The highest BCUT2D eigenvalue weighted by molar-refractivity contribution is 6.03. The van der Waals surface area contributed by atoms with Gasteiger partial charge in [-0.25, -0.2) is 4.39 Å². The Morgan fingerprint density at radius 1 is 1.07 bits per heavy atom. The third-order valence-corrected chi connectivity index (χ3v) is 7.81. The zero-order chi connectivity index (χ0) is 31.6. The molecule has 43 heavy (non-hydrogen) atoms. The molecular weight excluding hydrogens is 551 g/mol. The molecule has 0 saturated heterocycles. The first-order valence-corrected chi connectivity index (χ1v) is 14.6. The highest BCUT2D eigenvalue weighted by Gasteiger charge is 2.49. The summed E-state index contributed by atoms with van der Waals surface area (Å²) >= 11 is 0. The van der Waals surface area contributed by atoms with Crippen LogP contribution in [0.3, 0.4) is 0 Å². The molecule has 0 bridgehead atoms. The van der Waals surface area contributed by atoms with E-state index in [9.17, 15) is 23.9 Å². The molecule has 1 unspecified atom stereocenters. The third-order valence-electron chi connectivity index (χ3n) is 7.81. The van der Waals surface area contributed by atoms with E-state index in [1.165, 1.54) is 24.3 Å². The molecule has 10 heteroatoms. The minimum atomic E-state index is -1.67. The summed E-state index contributed by atoms with van der Waals surface area (Å²) in [6.07, 6.45) is 2.94. The van der Waals surface area contributed by atoms with Gasteiger partial charge in [-0.3, -0.25) is 14.4 Å². The van der Waals surface area contributed by atoms with E-state index < -0.39 is 35.1 Å². The first-order chi connectivity index (χ1) is 20.5. The summed E-state index contributed by atoms with van der Waals surface area (Å²) in [6, 6.07) is 13.3. The van der Waals surface area contributed by atoms with Gasteiger partial charge in [-0.2, -0.15) is 0 Å². The van der Waals surface area contributed by atoms with Gasteiger partial charge in [-0.1, -0.05) is 44.2 Å². The number of aliphatic hydroxyl groups excluding tert-OH is 1. The topological polar surface area (TPSA) is 148 Å². The Morgan fingerprint density at radius 3 is 2.35 bits per heavy atom. The Bertz CT molecular complexity index is 1350. The van der Waals surface area contributed by atoms with Gasteiger partial charge in [0.15, 0.2) is 0 Å². The molecule has 0 aliphatic heterocycles. The molecule has 0 fully saturated rings. The summed E-state index contributed by atoms with van der Waals surface area (Å²) in [5.41, 5.74) is 11.7. The fraction of sp³-hybridized carbons (Fsp3) is 0.424. The van der Waals surface area contributed by atoms with E-state index in [4.69, 9.17) is 16.2 Å². The van der Waals surface area contributed by atoms with Crippen LogP contribution in [-0.4, -0.2) is 60.6 Å². The number of ether oxygens (including phenoxy) is 1. The number of nitrogens with zero attached hydrogens (tertiary/aromatic N) is 1. The fourth-order valence-corrected chi connectivity index (χ4v) is 5.71. The van der Waals surface area contributed by atoms with Crippen LogP contribution < -0.4 is 21.5 Å². The molecular formula is C33H43FN4O5. The maximum atomic E-state index is 14.2. The zero-order valence-electron chi connectivity index (χ0n) is 25.1. The lowest BCUT2D eigenvalue weighted by Crippen LogP contribution is -2.52. The second-order valence-corrected chi connectivity index (χ2v) is 11.0. The zero-order valence-corrected chi connectivity index (χ0v) is 25.1. The first kappa shape index (κ1) is 33.5. The number of aliphatic hydroxyl groups is 1. The molecule has 1 aliphatic carbocycles. The van der Waals surface area contributed by atoms with E-state index in [1.807, 2.05) is 38.1 Å². The molecule has 0 heterocycles. The molecule has 3 atom stereocenters. The molecule has 3 rings (SSSR count). The van der Waals surface area contributed by atoms with Crippen molar-refractivity contribution in [1.82, 2.24) is 10.2 Å². The Labute approximate surface area is 252 Å². The second-order valence-electron chi connectivity index (χ2n) is 11.0. The molecule has 0 aromatic heterocycles. The van der Waals surface area contributed by atoms with Crippen molar-refractivity contribution in [2.75, 3.05) is 26.7 Å². The Morgan fingerprint density at radius 2 is 1.74 bits per heavy atom. The standard InChI is InChI=1S/C33H43FN4O5/c1-4-12-38(13-5-2)31(41)25-17-24(30(35)40)18-33(19-25,32(36)42)28(16-22-8-6-10-26(34)14-22)29(39)21-37-20-23-9-7-11-27(15-23)43-3/h6-11,14-15,17-18,28-29,37,39H,4-5,12-13,16,19-21H2,1-3H3,(H2,35,40)(H2,36,42)/t28-,29+,33?/m1/s1. The van der Waals surface area contributed by atoms with Crippen molar-refractivity contribution in [3.63, 3.8) is 0 Å². The van der Waals surface area contributed by atoms with Crippen molar-refractivity contribution in [2.24, 2.45) is 22.8 Å². The van der Waals surface area contributed by atoms with Gasteiger partial charge in [0.05, 0.1) is 18.6 Å². The number of amides is 3. The van der Waals surface area contributed by atoms with Gasteiger partial charge in [-0.15, -0.1) is 0 Å². The minimum Gasteiger partial charge on any atom is -0.497 e. The molecule has 0 spiro atoms. The first-order valence-electron chi connectivity index (χ1n) is 14.6. The van der Waals surface area contributed by atoms with Crippen LogP contribution in [-0.2, 0) is 27.3 Å². The number of hydrogen-bond acceptors (Lipinski definition) is 6. The van der Waals surface area contributed by atoms with Crippen molar-refractivity contribution in [1.29, 1.82) is 0 Å². The summed E-state index contributed by atoms with van der Waals surface area (Å²) in [5.74, 6) is -2.71. The highest BCUT2D eigenvalue weighted by Crippen LogP contribution is 2.44. The maximum Gasteiger partial charge on any atom is 0.249 e. The van der Waals surface area contributed by atoms with Gasteiger partial charge in [0.2, 0.25) is 17.7 Å². The smallest absolute Gasteiger partial charge is 0.249 e. The van der Waals surface area contributed by atoms with Gasteiger partial charge in [0, 0.05) is 43.2 Å². The van der Waals surface area contributed by atoms with Crippen molar-refractivity contribution in [3.8, 4) is 5.75 Å². The summed E-state index contributed by atoms with van der Waals surface area (Å²) in [4.78, 5) is 41.4. The third kappa shape index (κ3) is 8.52. The van der Waals surface area contributed by atoms with E-state index in [2.05, 4.69) is 5.32 Å². The fourth-order valence-electron chi connectivity index (χ4n) is 5.71. The minimum absolute atomic E-state index is 0.0384. The Balaban J connectivity index is 2.03. The Hall–Kier alpha value is -4.02. The van der Waals surface area contributed by atoms with Crippen LogP contribution in [0.5, 0.6) is 5.75 Å². The lowest BCUT2D eigenvalue weighted by molar-refractivity contribution is -0.132. The lowest BCUT2D eigenvalue weighted by atomic mass is 9.63. The van der Waals surface area contributed by atoms with Crippen molar-refractivity contribution in [2.45, 2.75) is 52.2 Å². The van der Waals surface area contributed by atoms with Crippen molar-refractivity contribution >= 4 is 17.7 Å². The van der Waals surface area contributed by atoms with Crippen LogP contribution in [0, 0.1) is 17.2 Å². The van der Waals surface area contributed by atoms with Crippen molar-refractivity contribution in [3.05, 3.63) is 88.8 Å². The van der Waals surface area contributed by atoms with E-state index in [0.717, 1.165) is 18.4 Å². The average Bonchev–Trinajstić information content (AvgIpc) is 2.99. The SMILES string of the molecule is CCCN(CCC)C(=O)C1=CC(C(N)=O)=CC(C(N)=O)([C@H](Cc2cccc(F)c2)[C@@H](O)CNCc2cccc(OC)c2)C1. The molecule has 3 amide bonds. The van der Waals surface area contributed by atoms with E-state index >= 15 is 0 Å². The van der Waals surface area contributed by atoms with Crippen LogP contribution in [0.1, 0.15) is 44.2 Å². The van der Waals surface area contributed by atoms with E-state index in [1.54, 1.807) is 24.1 Å². The molecule has 232 valence electrons.